The number of ether oxygens (including phenoxy) is 3. The van der Waals surface area contributed by atoms with Crippen molar-refractivity contribution < 1.29 is 23.4 Å². The van der Waals surface area contributed by atoms with Crippen molar-refractivity contribution in [2.45, 2.75) is 58.9 Å². The van der Waals surface area contributed by atoms with E-state index in [1.54, 1.807) is 7.11 Å². The zero-order chi connectivity index (χ0) is 25.0. The lowest BCUT2D eigenvalue weighted by atomic mass is 9.89. The fraction of sp³-hybridized carbons (Fsp3) is 0.464. The van der Waals surface area contributed by atoms with Gasteiger partial charge in [0.1, 0.15) is 12.0 Å². The molecule has 0 heterocycles. The van der Waals surface area contributed by atoms with E-state index in [0.29, 0.717) is 19.8 Å². The van der Waals surface area contributed by atoms with Crippen LogP contribution in [0.25, 0.3) is 0 Å². The third kappa shape index (κ3) is 9.93. The van der Waals surface area contributed by atoms with Crippen LogP contribution in [-0.4, -0.2) is 40.5 Å². The molecule has 0 spiro atoms. The van der Waals surface area contributed by atoms with Gasteiger partial charge in [0, 0.05) is 11.8 Å². The Kier molecular flexibility index (Phi) is 11.7. The normalized spacial score (nSPS) is 15.6. The summed E-state index contributed by atoms with van der Waals surface area (Å²) in [6.45, 7) is 11.9. The second-order valence-corrected chi connectivity index (χ2v) is 14.1. The summed E-state index contributed by atoms with van der Waals surface area (Å²) in [5, 5.41) is 0. The third-order valence-electron chi connectivity index (χ3n) is 5.51. The smallest absolute Gasteiger partial charge is 0.184 e. The first kappa shape index (κ1) is 28.0. The van der Waals surface area contributed by atoms with Crippen molar-refractivity contribution in [1.82, 2.24) is 0 Å². The number of carbonyl (C=O) groups excluding carboxylic acids is 1. The molecule has 5 nitrogen and oxygen atoms in total. The summed E-state index contributed by atoms with van der Waals surface area (Å²) in [6, 6.07) is 17.9. The maximum absolute atomic E-state index is 11.7. The van der Waals surface area contributed by atoms with E-state index in [1.807, 2.05) is 73.7 Å². The first-order valence-electron chi connectivity index (χ1n) is 11.9. The van der Waals surface area contributed by atoms with E-state index in [-0.39, 0.29) is 24.0 Å². The standard InChI is InChI=1S/C28H40O5Si/c1-22(19-29)28(33-34(4,5)6)23(2)27(32-21-24-11-8-7-9-12-24)13-10-18-31-20-25-14-16-26(30-3)17-15-25/h7-17,19,22-23,27-28H,18,20-21H2,1-6H3/b13-10+/t22-,23-,27+,28+/m1/s1. The Morgan fingerprint density at radius 3 is 2.15 bits per heavy atom. The fourth-order valence-corrected chi connectivity index (χ4v) is 4.92. The molecule has 2 rings (SSSR count). The van der Waals surface area contributed by atoms with Crippen LogP contribution in [0.4, 0.5) is 0 Å². The van der Waals surface area contributed by atoms with E-state index in [2.05, 4.69) is 26.6 Å². The van der Waals surface area contributed by atoms with Gasteiger partial charge in [0.2, 0.25) is 0 Å². The van der Waals surface area contributed by atoms with Gasteiger partial charge in [0.15, 0.2) is 8.32 Å². The average molecular weight is 485 g/mol. The van der Waals surface area contributed by atoms with Crippen LogP contribution in [0.5, 0.6) is 5.75 Å². The highest BCUT2D eigenvalue weighted by molar-refractivity contribution is 6.69. The molecule has 0 aliphatic rings. The van der Waals surface area contributed by atoms with Crippen LogP contribution in [0.2, 0.25) is 19.6 Å². The maximum Gasteiger partial charge on any atom is 0.184 e. The highest BCUT2D eigenvalue weighted by Crippen LogP contribution is 2.26. The van der Waals surface area contributed by atoms with E-state index in [1.165, 1.54) is 0 Å². The van der Waals surface area contributed by atoms with Gasteiger partial charge < -0.3 is 23.4 Å². The number of hydrogen-bond donors (Lipinski definition) is 0. The third-order valence-corrected chi connectivity index (χ3v) is 6.49. The van der Waals surface area contributed by atoms with Crippen molar-refractivity contribution in [2.75, 3.05) is 13.7 Å². The molecule has 0 radical (unpaired) electrons. The van der Waals surface area contributed by atoms with E-state index < -0.39 is 8.32 Å². The topological polar surface area (TPSA) is 54.0 Å². The summed E-state index contributed by atoms with van der Waals surface area (Å²) in [5.74, 6) is 0.605. The van der Waals surface area contributed by atoms with Crippen LogP contribution in [-0.2, 0) is 31.9 Å². The summed E-state index contributed by atoms with van der Waals surface area (Å²) in [6.07, 6.45) is 4.59. The van der Waals surface area contributed by atoms with Crippen LogP contribution in [0.15, 0.2) is 66.7 Å². The van der Waals surface area contributed by atoms with Crippen LogP contribution in [0.1, 0.15) is 25.0 Å². The Balaban J connectivity index is 2.05. The molecule has 2 aromatic carbocycles. The minimum absolute atomic E-state index is 0.00604. The first-order valence-corrected chi connectivity index (χ1v) is 15.3. The summed E-state index contributed by atoms with van der Waals surface area (Å²) < 4.78 is 23.8. The van der Waals surface area contributed by atoms with Gasteiger partial charge in [0.25, 0.3) is 0 Å². The molecule has 0 saturated heterocycles. The second-order valence-electron chi connectivity index (χ2n) is 9.60. The van der Waals surface area contributed by atoms with Crippen molar-refractivity contribution in [3.63, 3.8) is 0 Å². The van der Waals surface area contributed by atoms with Gasteiger partial charge in [-0.15, -0.1) is 0 Å². The van der Waals surface area contributed by atoms with Gasteiger partial charge in [-0.1, -0.05) is 68.5 Å². The predicted molar refractivity (Wildman–Crippen MR) is 139 cm³/mol. The van der Waals surface area contributed by atoms with Gasteiger partial charge in [-0.25, -0.2) is 0 Å². The summed E-state index contributed by atoms with van der Waals surface area (Å²) in [4.78, 5) is 11.7. The average Bonchev–Trinajstić information content (AvgIpc) is 2.83. The molecule has 0 bridgehead atoms. The molecule has 0 N–H and O–H groups in total. The quantitative estimate of drug-likeness (QED) is 0.133. The number of hydrogen-bond acceptors (Lipinski definition) is 5. The van der Waals surface area contributed by atoms with Gasteiger partial charge >= 0.3 is 0 Å². The second kappa shape index (κ2) is 14.2. The van der Waals surface area contributed by atoms with Gasteiger partial charge in [-0.2, -0.15) is 0 Å². The monoisotopic (exact) mass is 484 g/mol. The molecule has 0 aromatic heterocycles. The molecule has 34 heavy (non-hydrogen) atoms. The van der Waals surface area contributed by atoms with E-state index in [0.717, 1.165) is 23.2 Å². The molecule has 0 fully saturated rings. The Morgan fingerprint density at radius 1 is 0.912 bits per heavy atom. The van der Waals surface area contributed by atoms with Crippen LogP contribution >= 0.6 is 0 Å². The van der Waals surface area contributed by atoms with Gasteiger partial charge in [-0.05, 0) is 42.9 Å². The Labute approximate surface area is 206 Å². The summed E-state index contributed by atoms with van der Waals surface area (Å²) >= 11 is 0. The SMILES string of the molecule is COc1ccc(COC/C=C/[C@H](OCc2ccccc2)[C@@H](C)[C@@H](O[Si](C)(C)C)[C@H](C)C=O)cc1. The fourth-order valence-electron chi connectivity index (χ4n) is 3.67. The minimum Gasteiger partial charge on any atom is -0.497 e. The van der Waals surface area contributed by atoms with Crippen LogP contribution in [0.3, 0.4) is 0 Å². The van der Waals surface area contributed by atoms with E-state index in [4.69, 9.17) is 18.6 Å². The molecule has 0 aliphatic carbocycles. The minimum atomic E-state index is -1.86. The molecular weight excluding hydrogens is 444 g/mol. The highest BCUT2D eigenvalue weighted by atomic mass is 28.4. The Morgan fingerprint density at radius 2 is 1.56 bits per heavy atom. The molecule has 0 aliphatic heterocycles. The maximum atomic E-state index is 11.7. The highest BCUT2D eigenvalue weighted by Gasteiger charge is 2.33. The lowest BCUT2D eigenvalue weighted by Crippen LogP contribution is -2.43. The zero-order valence-corrected chi connectivity index (χ0v) is 22.4. The number of rotatable bonds is 15. The summed E-state index contributed by atoms with van der Waals surface area (Å²) in [7, 11) is -0.200. The predicted octanol–water partition coefficient (Wildman–Crippen LogP) is 6.04. The number of benzene rings is 2. The summed E-state index contributed by atoms with van der Waals surface area (Å²) in [5.41, 5.74) is 2.19. The molecule has 0 amide bonds. The largest absolute Gasteiger partial charge is 0.497 e. The molecule has 4 atom stereocenters. The molecule has 186 valence electrons. The molecule has 2 aromatic rings. The number of methoxy groups -OCH3 is 1. The van der Waals surface area contributed by atoms with Crippen molar-refractivity contribution in [3.8, 4) is 5.75 Å². The van der Waals surface area contributed by atoms with Crippen molar-refractivity contribution in [1.29, 1.82) is 0 Å². The van der Waals surface area contributed by atoms with Crippen LogP contribution in [0, 0.1) is 11.8 Å². The Bertz CT molecular complexity index is 861. The molecular formula is C28H40O5Si. The molecule has 0 unspecified atom stereocenters. The molecule has 6 heteroatoms. The first-order chi connectivity index (χ1) is 16.2. The van der Waals surface area contributed by atoms with Crippen LogP contribution < -0.4 is 4.74 Å². The number of aldehydes is 1. The van der Waals surface area contributed by atoms with Crippen molar-refractivity contribution >= 4 is 14.6 Å². The zero-order valence-electron chi connectivity index (χ0n) is 21.4. The number of carbonyl (C=O) groups is 1. The van der Waals surface area contributed by atoms with Crippen molar-refractivity contribution in [3.05, 3.63) is 77.9 Å². The Hall–Kier alpha value is -2.25. The van der Waals surface area contributed by atoms with E-state index in [9.17, 15) is 4.79 Å². The lowest BCUT2D eigenvalue weighted by molar-refractivity contribution is -0.115. The van der Waals surface area contributed by atoms with Gasteiger partial charge in [-0.3, -0.25) is 0 Å². The van der Waals surface area contributed by atoms with Crippen molar-refractivity contribution in [2.24, 2.45) is 11.8 Å². The lowest BCUT2D eigenvalue weighted by Gasteiger charge is -2.36. The molecule has 0 saturated carbocycles. The van der Waals surface area contributed by atoms with Gasteiger partial charge in [0.05, 0.1) is 39.1 Å². The van der Waals surface area contributed by atoms with E-state index >= 15 is 0 Å².